The molecule has 1 aliphatic rings. The van der Waals surface area contributed by atoms with E-state index in [-0.39, 0.29) is 12.4 Å². The zero-order valence-electron chi connectivity index (χ0n) is 11.2. The van der Waals surface area contributed by atoms with Gasteiger partial charge in [0, 0.05) is 25.0 Å². The summed E-state index contributed by atoms with van der Waals surface area (Å²) in [5, 5.41) is 8.20. The monoisotopic (exact) mass is 305 g/mol. The highest BCUT2D eigenvalue weighted by Crippen LogP contribution is 2.25. The van der Waals surface area contributed by atoms with E-state index in [9.17, 15) is 0 Å². The molecular formula is C13H21Cl2N3O. The molecule has 0 unspecified atom stereocenters. The van der Waals surface area contributed by atoms with Gasteiger partial charge >= 0.3 is 0 Å². The van der Waals surface area contributed by atoms with Gasteiger partial charge in [-0.25, -0.2) is 0 Å². The number of hydrogen-bond acceptors (Lipinski definition) is 4. The van der Waals surface area contributed by atoms with E-state index in [1.165, 1.54) is 19.3 Å². The van der Waals surface area contributed by atoms with E-state index in [0.717, 1.165) is 37.1 Å². The molecule has 0 aliphatic carbocycles. The van der Waals surface area contributed by atoms with Crippen LogP contribution < -0.4 is 9.64 Å². The molecule has 108 valence electrons. The van der Waals surface area contributed by atoms with Crippen molar-refractivity contribution in [3.63, 3.8) is 0 Å². The summed E-state index contributed by atoms with van der Waals surface area (Å²) in [6, 6.07) is 3.84. The smallest absolute Gasteiger partial charge is 0.233 e. The van der Waals surface area contributed by atoms with Gasteiger partial charge in [0.2, 0.25) is 5.88 Å². The largest absolute Gasteiger partial charge is 0.480 e. The van der Waals surface area contributed by atoms with E-state index >= 15 is 0 Å². The van der Waals surface area contributed by atoms with E-state index in [0.29, 0.717) is 5.88 Å². The first-order chi connectivity index (χ1) is 8.83. The number of halogens is 2. The Bertz CT molecular complexity index is 353. The lowest BCUT2D eigenvalue weighted by Gasteiger charge is -2.32. The normalized spacial score (nSPS) is 16.0. The number of hydrogen-bond donors (Lipinski definition) is 0. The van der Waals surface area contributed by atoms with Gasteiger partial charge in [-0.3, -0.25) is 0 Å². The quantitative estimate of drug-likeness (QED) is 0.783. The Morgan fingerprint density at radius 2 is 2.05 bits per heavy atom. The topological polar surface area (TPSA) is 38.2 Å². The van der Waals surface area contributed by atoms with Crippen molar-refractivity contribution >= 4 is 29.8 Å². The Balaban J connectivity index is 0.00000180. The van der Waals surface area contributed by atoms with Crippen molar-refractivity contribution in [3.8, 4) is 5.88 Å². The fourth-order valence-corrected chi connectivity index (χ4v) is 2.56. The van der Waals surface area contributed by atoms with Crippen molar-refractivity contribution in [3.05, 3.63) is 12.1 Å². The summed E-state index contributed by atoms with van der Waals surface area (Å²) in [6.45, 7) is 2.13. The molecule has 0 spiro atoms. The molecule has 0 atom stereocenters. The second-order valence-corrected chi connectivity index (χ2v) is 5.07. The van der Waals surface area contributed by atoms with Crippen LogP contribution in [-0.2, 0) is 0 Å². The Labute approximate surface area is 125 Å². The molecule has 19 heavy (non-hydrogen) atoms. The van der Waals surface area contributed by atoms with Crippen LogP contribution in [0.15, 0.2) is 12.1 Å². The summed E-state index contributed by atoms with van der Waals surface area (Å²) in [5.74, 6) is 3.12. The molecule has 1 fully saturated rings. The van der Waals surface area contributed by atoms with Gasteiger partial charge in [-0.15, -0.1) is 34.2 Å². The molecule has 0 radical (unpaired) electrons. The summed E-state index contributed by atoms with van der Waals surface area (Å²) in [6.07, 6.45) is 4.84. The maximum absolute atomic E-state index is 5.73. The summed E-state index contributed by atoms with van der Waals surface area (Å²) < 4.78 is 5.01. The molecular weight excluding hydrogens is 285 g/mol. The highest BCUT2D eigenvalue weighted by molar-refractivity contribution is 6.17. The average Bonchev–Trinajstić information content (AvgIpc) is 2.46. The molecule has 1 saturated heterocycles. The number of rotatable bonds is 5. The van der Waals surface area contributed by atoms with Crippen LogP contribution in [-0.4, -0.2) is 36.3 Å². The summed E-state index contributed by atoms with van der Waals surface area (Å²) in [5.41, 5.74) is 0. The number of methoxy groups -OCH3 is 1. The second kappa shape index (κ2) is 8.43. The lowest BCUT2D eigenvalue weighted by atomic mass is 9.92. The first kappa shape index (κ1) is 16.3. The molecule has 1 aromatic rings. The third-order valence-electron chi connectivity index (χ3n) is 3.52. The van der Waals surface area contributed by atoms with Crippen LogP contribution in [0.3, 0.4) is 0 Å². The van der Waals surface area contributed by atoms with E-state index in [1.807, 2.05) is 12.1 Å². The van der Waals surface area contributed by atoms with Crippen LogP contribution in [0.1, 0.15) is 25.7 Å². The average molecular weight is 306 g/mol. The standard InChI is InChI=1S/C13H20ClN3O.ClH/c1-18-13-5-4-12(15-16-13)17-9-6-11(7-10-17)3-2-8-14;/h4-5,11H,2-3,6-10H2,1H3;1H. The van der Waals surface area contributed by atoms with Gasteiger partial charge in [0.15, 0.2) is 5.82 Å². The number of piperidine rings is 1. The maximum atomic E-state index is 5.73. The molecule has 0 N–H and O–H groups in total. The molecule has 1 aromatic heterocycles. The van der Waals surface area contributed by atoms with Crippen molar-refractivity contribution in [2.75, 3.05) is 31.0 Å². The minimum Gasteiger partial charge on any atom is -0.480 e. The van der Waals surface area contributed by atoms with Gasteiger partial charge < -0.3 is 9.64 Å². The lowest BCUT2D eigenvalue weighted by molar-refractivity contribution is 0.375. The van der Waals surface area contributed by atoms with Crippen LogP contribution >= 0.6 is 24.0 Å². The first-order valence-electron chi connectivity index (χ1n) is 6.52. The minimum absolute atomic E-state index is 0. The number of nitrogens with zero attached hydrogens (tertiary/aromatic N) is 3. The van der Waals surface area contributed by atoms with E-state index in [4.69, 9.17) is 16.3 Å². The van der Waals surface area contributed by atoms with Crippen LogP contribution in [0.25, 0.3) is 0 Å². The minimum atomic E-state index is 0. The fraction of sp³-hybridized carbons (Fsp3) is 0.692. The Morgan fingerprint density at radius 1 is 1.32 bits per heavy atom. The molecule has 0 saturated carbocycles. The molecule has 2 heterocycles. The van der Waals surface area contributed by atoms with Gasteiger partial charge in [-0.05, 0) is 37.7 Å². The molecule has 4 nitrogen and oxygen atoms in total. The second-order valence-electron chi connectivity index (χ2n) is 4.70. The van der Waals surface area contributed by atoms with Crippen LogP contribution in [0.4, 0.5) is 5.82 Å². The predicted molar refractivity (Wildman–Crippen MR) is 80.7 cm³/mol. The summed E-state index contributed by atoms with van der Waals surface area (Å²) in [4.78, 5) is 2.30. The van der Waals surface area contributed by atoms with Gasteiger partial charge in [0.05, 0.1) is 7.11 Å². The number of ether oxygens (including phenoxy) is 1. The molecule has 0 bridgehead atoms. The van der Waals surface area contributed by atoms with Crippen molar-refractivity contribution in [1.29, 1.82) is 0 Å². The molecule has 6 heteroatoms. The van der Waals surface area contributed by atoms with Crippen molar-refractivity contribution in [1.82, 2.24) is 10.2 Å². The lowest BCUT2D eigenvalue weighted by Crippen LogP contribution is -2.34. The maximum Gasteiger partial charge on any atom is 0.233 e. The number of aromatic nitrogens is 2. The highest BCUT2D eigenvalue weighted by Gasteiger charge is 2.19. The fourth-order valence-electron chi connectivity index (χ4n) is 2.41. The zero-order chi connectivity index (χ0) is 12.8. The Hall–Kier alpha value is -0.740. The van der Waals surface area contributed by atoms with Crippen molar-refractivity contribution < 1.29 is 4.74 Å². The molecule has 2 rings (SSSR count). The SMILES string of the molecule is COc1ccc(N2CCC(CCCCl)CC2)nn1.Cl. The molecule has 0 aromatic carbocycles. The Kier molecular flexibility index (Phi) is 7.24. The first-order valence-corrected chi connectivity index (χ1v) is 7.05. The van der Waals surface area contributed by atoms with Gasteiger partial charge in [0.1, 0.15) is 0 Å². The van der Waals surface area contributed by atoms with Crippen LogP contribution in [0.2, 0.25) is 0 Å². The van der Waals surface area contributed by atoms with Gasteiger partial charge in [-0.1, -0.05) is 0 Å². The van der Waals surface area contributed by atoms with Crippen LogP contribution in [0.5, 0.6) is 5.88 Å². The number of anilines is 1. The third-order valence-corrected chi connectivity index (χ3v) is 3.79. The van der Waals surface area contributed by atoms with E-state index < -0.39 is 0 Å². The van der Waals surface area contributed by atoms with Crippen LogP contribution in [0, 0.1) is 5.92 Å². The van der Waals surface area contributed by atoms with Gasteiger partial charge in [0.25, 0.3) is 0 Å². The predicted octanol–water partition coefficient (Wildman–Crippen LogP) is 3.14. The zero-order valence-corrected chi connectivity index (χ0v) is 12.8. The number of alkyl halides is 1. The summed E-state index contributed by atoms with van der Waals surface area (Å²) in [7, 11) is 1.60. The molecule has 0 amide bonds. The summed E-state index contributed by atoms with van der Waals surface area (Å²) >= 11 is 5.73. The van der Waals surface area contributed by atoms with Gasteiger partial charge in [-0.2, -0.15) is 0 Å². The van der Waals surface area contributed by atoms with E-state index in [1.54, 1.807) is 7.11 Å². The Morgan fingerprint density at radius 3 is 2.58 bits per heavy atom. The molecule has 1 aliphatic heterocycles. The van der Waals surface area contributed by atoms with Crippen molar-refractivity contribution in [2.24, 2.45) is 5.92 Å². The third kappa shape index (κ3) is 4.69. The highest BCUT2D eigenvalue weighted by atomic mass is 35.5. The van der Waals surface area contributed by atoms with E-state index in [2.05, 4.69) is 15.1 Å². The van der Waals surface area contributed by atoms with Crippen molar-refractivity contribution in [2.45, 2.75) is 25.7 Å².